The van der Waals surface area contributed by atoms with Gasteiger partial charge in [0.15, 0.2) is 0 Å². The van der Waals surface area contributed by atoms with E-state index in [1.807, 2.05) is 0 Å². The van der Waals surface area contributed by atoms with Crippen LogP contribution in [0.5, 0.6) is 5.75 Å². The molecule has 0 atom stereocenters. The minimum atomic E-state index is -3.56. The molecule has 0 aliphatic heterocycles. The molecular formula is C17H21NO6S. The molecule has 0 fully saturated rings. The topological polar surface area (TPSA) is 86.1 Å². The minimum Gasteiger partial charge on any atom is -0.467 e. The molecule has 1 aromatic carbocycles. The first-order chi connectivity index (χ1) is 11.9. The Hall–Kier alpha value is -2.32. The summed E-state index contributed by atoms with van der Waals surface area (Å²) in [5.74, 6) is 0.634. The van der Waals surface area contributed by atoms with Gasteiger partial charge in [-0.15, -0.1) is 0 Å². The van der Waals surface area contributed by atoms with Crippen molar-refractivity contribution in [2.45, 2.75) is 20.0 Å². The molecular weight excluding hydrogens is 346 g/mol. The van der Waals surface area contributed by atoms with Crippen molar-refractivity contribution < 1.29 is 26.5 Å². The first kappa shape index (κ1) is 19.0. The van der Waals surface area contributed by atoms with Crippen LogP contribution < -0.4 is 4.18 Å². The van der Waals surface area contributed by atoms with Crippen LogP contribution in [0.25, 0.3) is 0 Å². The van der Waals surface area contributed by atoms with Crippen LogP contribution in [0.4, 0.5) is 0 Å². The van der Waals surface area contributed by atoms with E-state index < -0.39 is 10.1 Å². The van der Waals surface area contributed by atoms with Gasteiger partial charge in [-0.05, 0) is 36.8 Å². The zero-order valence-corrected chi connectivity index (χ0v) is 15.0. The number of furan rings is 1. The van der Waals surface area contributed by atoms with Crippen LogP contribution in [0, 0.1) is 0 Å². The molecule has 0 saturated carbocycles. The number of nitrogens with zero attached hydrogens (tertiary/aromatic N) is 1. The number of ether oxygens (including phenoxy) is 1. The second-order valence-corrected chi connectivity index (χ2v) is 7.20. The summed E-state index contributed by atoms with van der Waals surface area (Å²) in [6.07, 6.45) is 1.55. The summed E-state index contributed by atoms with van der Waals surface area (Å²) in [5, 5.41) is 0. The van der Waals surface area contributed by atoms with Crippen LogP contribution in [0.15, 0.2) is 47.1 Å². The zero-order chi connectivity index (χ0) is 18.3. The molecule has 0 N–H and O–H groups in total. The SMILES string of the molecule is CCS(=O)(=O)Oc1ccc(CN(Cc2ccco2)C(=O)COC)cc1. The smallest absolute Gasteiger partial charge is 0.308 e. The molecule has 2 rings (SSSR count). The van der Waals surface area contributed by atoms with Crippen molar-refractivity contribution in [2.75, 3.05) is 19.5 Å². The quantitative estimate of drug-likeness (QED) is 0.632. The Morgan fingerprint density at radius 1 is 1.16 bits per heavy atom. The molecule has 7 nitrogen and oxygen atoms in total. The van der Waals surface area contributed by atoms with E-state index in [-0.39, 0.29) is 24.0 Å². The van der Waals surface area contributed by atoms with Crippen molar-refractivity contribution in [1.29, 1.82) is 0 Å². The lowest BCUT2D eigenvalue weighted by atomic mass is 10.2. The van der Waals surface area contributed by atoms with E-state index in [0.717, 1.165) is 5.56 Å². The molecule has 25 heavy (non-hydrogen) atoms. The third-order valence-electron chi connectivity index (χ3n) is 3.42. The molecule has 1 heterocycles. The summed E-state index contributed by atoms with van der Waals surface area (Å²) < 4.78 is 38.1. The lowest BCUT2D eigenvalue weighted by molar-refractivity contribution is -0.136. The van der Waals surface area contributed by atoms with Gasteiger partial charge in [-0.1, -0.05) is 12.1 Å². The molecule has 0 saturated heterocycles. The van der Waals surface area contributed by atoms with Crippen molar-refractivity contribution in [2.24, 2.45) is 0 Å². The number of rotatable bonds is 9. The summed E-state index contributed by atoms with van der Waals surface area (Å²) in [6, 6.07) is 10.1. The van der Waals surface area contributed by atoms with Gasteiger partial charge in [-0.25, -0.2) is 0 Å². The van der Waals surface area contributed by atoms with E-state index in [4.69, 9.17) is 13.3 Å². The maximum atomic E-state index is 12.2. The molecule has 0 bridgehead atoms. The minimum absolute atomic E-state index is 0.0311. The largest absolute Gasteiger partial charge is 0.467 e. The number of benzene rings is 1. The lowest BCUT2D eigenvalue weighted by Crippen LogP contribution is -2.32. The molecule has 0 spiro atoms. The summed E-state index contributed by atoms with van der Waals surface area (Å²) in [7, 11) is -2.10. The fraction of sp³-hybridized carbons (Fsp3) is 0.353. The maximum absolute atomic E-state index is 12.2. The van der Waals surface area contributed by atoms with Gasteiger partial charge in [0.2, 0.25) is 5.91 Å². The first-order valence-electron chi connectivity index (χ1n) is 7.73. The molecule has 0 radical (unpaired) electrons. The summed E-state index contributed by atoms with van der Waals surface area (Å²) in [5.41, 5.74) is 0.831. The van der Waals surface area contributed by atoms with E-state index >= 15 is 0 Å². The molecule has 1 aromatic heterocycles. The highest BCUT2D eigenvalue weighted by molar-refractivity contribution is 7.87. The van der Waals surface area contributed by atoms with Gasteiger partial charge in [0.05, 0.1) is 18.6 Å². The summed E-state index contributed by atoms with van der Waals surface area (Å²) >= 11 is 0. The lowest BCUT2D eigenvalue weighted by Gasteiger charge is -2.21. The Balaban J connectivity index is 2.08. The fourth-order valence-corrected chi connectivity index (χ4v) is 2.64. The van der Waals surface area contributed by atoms with Gasteiger partial charge < -0.3 is 18.2 Å². The number of hydrogen-bond acceptors (Lipinski definition) is 6. The highest BCUT2D eigenvalue weighted by Gasteiger charge is 2.16. The fourth-order valence-electron chi connectivity index (χ4n) is 2.11. The van der Waals surface area contributed by atoms with Gasteiger partial charge >= 0.3 is 10.1 Å². The third-order valence-corrected chi connectivity index (χ3v) is 4.57. The highest BCUT2D eigenvalue weighted by atomic mass is 32.2. The van der Waals surface area contributed by atoms with Crippen molar-refractivity contribution >= 4 is 16.0 Å². The van der Waals surface area contributed by atoms with Crippen LogP contribution in [-0.4, -0.2) is 38.7 Å². The van der Waals surface area contributed by atoms with Gasteiger partial charge in [-0.2, -0.15) is 8.42 Å². The number of carbonyl (C=O) groups is 1. The van der Waals surface area contributed by atoms with Crippen molar-refractivity contribution in [3.63, 3.8) is 0 Å². The molecule has 136 valence electrons. The highest BCUT2D eigenvalue weighted by Crippen LogP contribution is 2.17. The van der Waals surface area contributed by atoms with E-state index in [1.165, 1.54) is 14.0 Å². The van der Waals surface area contributed by atoms with Crippen LogP contribution in [0.1, 0.15) is 18.2 Å². The monoisotopic (exact) mass is 367 g/mol. The van der Waals surface area contributed by atoms with Gasteiger partial charge in [0, 0.05) is 13.7 Å². The number of methoxy groups -OCH3 is 1. The number of hydrogen-bond donors (Lipinski definition) is 0. The first-order valence-corrected chi connectivity index (χ1v) is 9.31. The Morgan fingerprint density at radius 2 is 1.88 bits per heavy atom. The molecule has 2 aromatic rings. The molecule has 0 aliphatic rings. The Kier molecular flexibility index (Phi) is 6.60. The standard InChI is InChI=1S/C17H21NO6S/c1-3-25(20,21)24-15-8-6-14(7-9-15)11-18(17(19)13-22-2)12-16-5-4-10-23-16/h4-10H,3,11-13H2,1-2H3. The van der Waals surface area contributed by atoms with E-state index in [0.29, 0.717) is 18.8 Å². The normalized spacial score (nSPS) is 11.3. The van der Waals surface area contributed by atoms with Crippen molar-refractivity contribution in [1.82, 2.24) is 4.90 Å². The predicted molar refractivity (Wildman–Crippen MR) is 91.4 cm³/mol. The Bertz CT molecular complexity index is 768. The second kappa shape index (κ2) is 8.68. The molecule has 0 aliphatic carbocycles. The molecule has 0 unspecified atom stereocenters. The van der Waals surface area contributed by atoms with Crippen LogP contribution in [0.3, 0.4) is 0 Å². The Labute approximate surface area is 147 Å². The van der Waals surface area contributed by atoms with Gasteiger partial charge in [-0.3, -0.25) is 4.79 Å². The summed E-state index contributed by atoms with van der Waals surface area (Å²) in [6.45, 7) is 2.13. The predicted octanol–water partition coefficient (Wildman–Crippen LogP) is 2.18. The van der Waals surface area contributed by atoms with Crippen molar-refractivity contribution in [3.8, 4) is 5.75 Å². The van der Waals surface area contributed by atoms with E-state index in [9.17, 15) is 13.2 Å². The summed E-state index contributed by atoms with van der Waals surface area (Å²) in [4.78, 5) is 13.8. The zero-order valence-electron chi connectivity index (χ0n) is 14.2. The van der Waals surface area contributed by atoms with Gasteiger partial charge in [0.25, 0.3) is 0 Å². The van der Waals surface area contributed by atoms with Crippen LogP contribution in [-0.2, 0) is 32.7 Å². The molecule has 1 amide bonds. The van der Waals surface area contributed by atoms with Gasteiger partial charge in [0.1, 0.15) is 18.1 Å². The average Bonchev–Trinajstić information content (AvgIpc) is 3.09. The van der Waals surface area contributed by atoms with Crippen LogP contribution >= 0.6 is 0 Å². The maximum Gasteiger partial charge on any atom is 0.308 e. The molecule has 8 heteroatoms. The number of carbonyl (C=O) groups excluding carboxylic acids is 1. The second-order valence-electron chi connectivity index (χ2n) is 5.34. The number of amides is 1. The third kappa shape index (κ3) is 5.91. The van der Waals surface area contributed by atoms with Crippen LogP contribution in [0.2, 0.25) is 0 Å². The van der Waals surface area contributed by atoms with E-state index in [2.05, 4.69) is 0 Å². The average molecular weight is 367 g/mol. The Morgan fingerprint density at radius 3 is 2.44 bits per heavy atom. The van der Waals surface area contributed by atoms with E-state index in [1.54, 1.807) is 47.6 Å². The van der Waals surface area contributed by atoms with Crippen molar-refractivity contribution in [3.05, 3.63) is 54.0 Å².